The SMILES string of the molecule is C/C=C(\C)C(=O)Nc1ccc(C)c(CN)c1C. The van der Waals surface area contributed by atoms with Gasteiger partial charge in [0.15, 0.2) is 0 Å². The molecular weight excluding hydrogens is 212 g/mol. The summed E-state index contributed by atoms with van der Waals surface area (Å²) >= 11 is 0. The van der Waals surface area contributed by atoms with Crippen LogP contribution in [0, 0.1) is 13.8 Å². The highest BCUT2D eigenvalue weighted by Crippen LogP contribution is 2.22. The Morgan fingerprint density at radius 3 is 2.59 bits per heavy atom. The summed E-state index contributed by atoms with van der Waals surface area (Å²) in [5, 5.41) is 2.90. The Morgan fingerprint density at radius 2 is 2.06 bits per heavy atom. The second-order valence-electron chi connectivity index (χ2n) is 4.16. The van der Waals surface area contributed by atoms with Gasteiger partial charge in [-0.2, -0.15) is 0 Å². The van der Waals surface area contributed by atoms with Crippen molar-refractivity contribution >= 4 is 11.6 Å². The third-order valence-electron chi connectivity index (χ3n) is 3.08. The van der Waals surface area contributed by atoms with E-state index >= 15 is 0 Å². The Morgan fingerprint density at radius 1 is 1.41 bits per heavy atom. The summed E-state index contributed by atoms with van der Waals surface area (Å²) in [6, 6.07) is 3.90. The highest BCUT2D eigenvalue weighted by atomic mass is 16.1. The number of nitrogens with one attached hydrogen (secondary N) is 1. The van der Waals surface area contributed by atoms with Gasteiger partial charge in [0.2, 0.25) is 0 Å². The maximum atomic E-state index is 11.8. The van der Waals surface area contributed by atoms with Crippen LogP contribution in [-0.4, -0.2) is 5.91 Å². The van der Waals surface area contributed by atoms with E-state index in [0.717, 1.165) is 22.4 Å². The van der Waals surface area contributed by atoms with Crippen molar-refractivity contribution in [1.29, 1.82) is 0 Å². The molecule has 0 unspecified atom stereocenters. The van der Waals surface area contributed by atoms with E-state index in [1.165, 1.54) is 0 Å². The number of hydrogen-bond acceptors (Lipinski definition) is 2. The van der Waals surface area contributed by atoms with Gasteiger partial charge in [-0.25, -0.2) is 0 Å². The van der Waals surface area contributed by atoms with Gasteiger partial charge < -0.3 is 11.1 Å². The van der Waals surface area contributed by atoms with E-state index in [0.29, 0.717) is 12.1 Å². The first-order valence-electron chi connectivity index (χ1n) is 5.74. The zero-order chi connectivity index (χ0) is 13.0. The molecule has 1 amide bonds. The smallest absolute Gasteiger partial charge is 0.250 e. The Balaban J connectivity index is 3.05. The van der Waals surface area contributed by atoms with Gasteiger partial charge in [0.25, 0.3) is 5.91 Å². The molecule has 0 saturated heterocycles. The summed E-state index contributed by atoms with van der Waals surface area (Å²) in [6.45, 7) is 8.14. The monoisotopic (exact) mass is 232 g/mol. The fourth-order valence-electron chi connectivity index (χ4n) is 1.69. The number of benzene rings is 1. The standard InChI is InChI=1S/C14H20N2O/c1-5-9(2)14(17)16-13-7-6-10(3)12(8-15)11(13)4/h5-7H,8,15H2,1-4H3,(H,16,17)/b9-5+. The van der Waals surface area contributed by atoms with E-state index in [2.05, 4.69) is 5.32 Å². The number of hydrogen-bond donors (Lipinski definition) is 2. The van der Waals surface area contributed by atoms with Crippen molar-refractivity contribution in [2.45, 2.75) is 34.2 Å². The summed E-state index contributed by atoms with van der Waals surface area (Å²) in [7, 11) is 0. The highest BCUT2D eigenvalue weighted by molar-refractivity contribution is 6.03. The topological polar surface area (TPSA) is 55.1 Å². The van der Waals surface area contributed by atoms with Crippen molar-refractivity contribution in [1.82, 2.24) is 0 Å². The lowest BCUT2D eigenvalue weighted by atomic mass is 10.0. The van der Waals surface area contributed by atoms with Crippen molar-refractivity contribution in [2.24, 2.45) is 5.73 Å². The van der Waals surface area contributed by atoms with Crippen molar-refractivity contribution in [3.63, 3.8) is 0 Å². The van der Waals surface area contributed by atoms with Crippen molar-refractivity contribution in [2.75, 3.05) is 5.32 Å². The molecule has 0 spiro atoms. The summed E-state index contributed by atoms with van der Waals surface area (Å²) in [5.74, 6) is -0.0672. The fourth-order valence-corrected chi connectivity index (χ4v) is 1.69. The Hall–Kier alpha value is -1.61. The predicted octanol–water partition coefficient (Wildman–Crippen LogP) is 2.67. The average Bonchev–Trinajstić information content (AvgIpc) is 2.32. The predicted molar refractivity (Wildman–Crippen MR) is 71.9 cm³/mol. The fraction of sp³-hybridized carbons (Fsp3) is 0.357. The van der Waals surface area contributed by atoms with E-state index in [1.54, 1.807) is 13.0 Å². The van der Waals surface area contributed by atoms with Crippen LogP contribution < -0.4 is 11.1 Å². The minimum atomic E-state index is -0.0672. The van der Waals surface area contributed by atoms with Crippen molar-refractivity contribution < 1.29 is 4.79 Å². The lowest BCUT2D eigenvalue weighted by Gasteiger charge is -2.14. The molecule has 0 aliphatic rings. The molecule has 3 N–H and O–H groups in total. The first-order chi connectivity index (χ1) is 8.01. The van der Waals surface area contributed by atoms with Gasteiger partial charge in [-0.15, -0.1) is 0 Å². The number of aryl methyl sites for hydroxylation is 1. The Bertz CT molecular complexity index is 462. The lowest BCUT2D eigenvalue weighted by Crippen LogP contribution is -2.14. The molecular formula is C14H20N2O. The number of rotatable bonds is 3. The maximum Gasteiger partial charge on any atom is 0.250 e. The third-order valence-corrected chi connectivity index (χ3v) is 3.08. The second-order valence-corrected chi connectivity index (χ2v) is 4.16. The molecule has 17 heavy (non-hydrogen) atoms. The van der Waals surface area contributed by atoms with Crippen molar-refractivity contribution in [3.8, 4) is 0 Å². The molecule has 0 atom stereocenters. The largest absolute Gasteiger partial charge is 0.326 e. The quantitative estimate of drug-likeness (QED) is 0.787. The molecule has 0 saturated carbocycles. The molecule has 0 aromatic heterocycles. The molecule has 0 bridgehead atoms. The first kappa shape index (κ1) is 13.5. The van der Waals surface area contributed by atoms with Gasteiger partial charge in [0.05, 0.1) is 0 Å². The molecule has 1 aromatic rings. The van der Waals surface area contributed by atoms with E-state index in [9.17, 15) is 4.79 Å². The summed E-state index contributed by atoms with van der Waals surface area (Å²) in [6.07, 6.45) is 1.79. The number of amides is 1. The number of allylic oxidation sites excluding steroid dienone is 1. The van der Waals surface area contributed by atoms with Gasteiger partial charge >= 0.3 is 0 Å². The van der Waals surface area contributed by atoms with Crippen LogP contribution >= 0.6 is 0 Å². The van der Waals surface area contributed by atoms with E-state index < -0.39 is 0 Å². The van der Waals surface area contributed by atoms with Gasteiger partial charge in [0, 0.05) is 17.8 Å². The zero-order valence-corrected chi connectivity index (χ0v) is 10.9. The van der Waals surface area contributed by atoms with Crippen LogP contribution in [0.4, 0.5) is 5.69 Å². The van der Waals surface area contributed by atoms with Crippen LogP contribution in [0.2, 0.25) is 0 Å². The molecule has 3 heteroatoms. The summed E-state index contributed by atoms with van der Waals surface area (Å²) < 4.78 is 0. The van der Waals surface area contributed by atoms with Crippen LogP contribution in [-0.2, 0) is 11.3 Å². The first-order valence-corrected chi connectivity index (χ1v) is 5.74. The van der Waals surface area contributed by atoms with Crippen LogP contribution in [0.25, 0.3) is 0 Å². The third kappa shape index (κ3) is 2.94. The Labute approximate surface area is 103 Å². The lowest BCUT2D eigenvalue weighted by molar-refractivity contribution is -0.112. The number of nitrogens with two attached hydrogens (primary N) is 1. The molecule has 0 aliphatic heterocycles. The van der Waals surface area contributed by atoms with Crippen LogP contribution in [0.15, 0.2) is 23.8 Å². The van der Waals surface area contributed by atoms with Crippen LogP contribution in [0.3, 0.4) is 0 Å². The average molecular weight is 232 g/mol. The zero-order valence-electron chi connectivity index (χ0n) is 10.9. The van der Waals surface area contributed by atoms with Crippen LogP contribution in [0.5, 0.6) is 0 Å². The number of carbonyl (C=O) groups is 1. The second kappa shape index (κ2) is 5.64. The number of anilines is 1. The van der Waals surface area contributed by atoms with Crippen molar-refractivity contribution in [3.05, 3.63) is 40.5 Å². The minimum absolute atomic E-state index is 0.0672. The van der Waals surface area contributed by atoms with Gasteiger partial charge in [0.1, 0.15) is 0 Å². The van der Waals surface area contributed by atoms with E-state index in [-0.39, 0.29) is 5.91 Å². The molecule has 0 aliphatic carbocycles. The molecule has 0 fully saturated rings. The van der Waals surface area contributed by atoms with Gasteiger partial charge in [-0.1, -0.05) is 12.1 Å². The molecule has 1 aromatic carbocycles. The van der Waals surface area contributed by atoms with Crippen LogP contribution in [0.1, 0.15) is 30.5 Å². The maximum absolute atomic E-state index is 11.8. The summed E-state index contributed by atoms with van der Waals surface area (Å²) in [4.78, 5) is 11.8. The minimum Gasteiger partial charge on any atom is -0.326 e. The number of carbonyl (C=O) groups excluding carboxylic acids is 1. The molecule has 0 heterocycles. The van der Waals surface area contributed by atoms with Gasteiger partial charge in [-0.05, 0) is 50.5 Å². The molecule has 0 radical (unpaired) electrons. The molecule has 3 nitrogen and oxygen atoms in total. The molecule has 92 valence electrons. The summed E-state index contributed by atoms with van der Waals surface area (Å²) in [5.41, 5.74) is 10.6. The van der Waals surface area contributed by atoms with E-state index in [1.807, 2.05) is 32.9 Å². The Kier molecular flexibility index (Phi) is 4.46. The van der Waals surface area contributed by atoms with E-state index in [4.69, 9.17) is 5.73 Å². The highest BCUT2D eigenvalue weighted by Gasteiger charge is 2.09. The van der Waals surface area contributed by atoms with Gasteiger partial charge in [-0.3, -0.25) is 4.79 Å². The normalized spacial score (nSPS) is 11.5. The molecule has 1 rings (SSSR count).